The number of anilines is 1. The molecule has 1 aromatic rings. The summed E-state index contributed by atoms with van der Waals surface area (Å²) in [5, 5.41) is 6.45. The van der Waals surface area contributed by atoms with Crippen molar-refractivity contribution in [1.29, 1.82) is 0 Å². The van der Waals surface area contributed by atoms with E-state index in [1.165, 1.54) is 25.7 Å². The highest BCUT2D eigenvalue weighted by Crippen LogP contribution is 2.28. The van der Waals surface area contributed by atoms with Gasteiger partial charge in [0.25, 0.3) is 5.91 Å². The van der Waals surface area contributed by atoms with Gasteiger partial charge in [-0.3, -0.25) is 4.79 Å². The first-order valence-corrected chi connectivity index (χ1v) is 7.77. The molecular formula is C17H26N2O. The van der Waals surface area contributed by atoms with Crippen molar-refractivity contribution in [2.24, 2.45) is 5.92 Å². The Morgan fingerprint density at radius 1 is 1.35 bits per heavy atom. The first-order chi connectivity index (χ1) is 9.61. The van der Waals surface area contributed by atoms with E-state index < -0.39 is 0 Å². The molecule has 0 radical (unpaired) electrons. The molecule has 20 heavy (non-hydrogen) atoms. The van der Waals surface area contributed by atoms with Crippen molar-refractivity contribution in [2.45, 2.75) is 52.5 Å². The summed E-state index contributed by atoms with van der Waals surface area (Å²) in [6.45, 7) is 7.02. The maximum Gasteiger partial charge on any atom is 0.253 e. The molecule has 1 fully saturated rings. The molecule has 1 amide bonds. The topological polar surface area (TPSA) is 41.1 Å². The van der Waals surface area contributed by atoms with E-state index >= 15 is 0 Å². The van der Waals surface area contributed by atoms with Gasteiger partial charge < -0.3 is 10.6 Å². The van der Waals surface area contributed by atoms with Gasteiger partial charge in [-0.05, 0) is 51.7 Å². The highest BCUT2D eigenvalue weighted by molar-refractivity contribution is 6.00. The third-order valence-electron chi connectivity index (χ3n) is 4.25. The number of hydrogen-bond donors (Lipinski definition) is 2. The van der Waals surface area contributed by atoms with Crippen LogP contribution in [0.25, 0.3) is 0 Å². The number of carbonyl (C=O) groups is 1. The van der Waals surface area contributed by atoms with Gasteiger partial charge >= 0.3 is 0 Å². The van der Waals surface area contributed by atoms with Crippen LogP contribution in [0, 0.1) is 12.8 Å². The van der Waals surface area contributed by atoms with Crippen molar-refractivity contribution in [3.8, 4) is 0 Å². The van der Waals surface area contributed by atoms with Gasteiger partial charge in [-0.15, -0.1) is 0 Å². The lowest BCUT2D eigenvalue weighted by atomic mass is 9.99. The zero-order chi connectivity index (χ0) is 14.5. The van der Waals surface area contributed by atoms with E-state index in [1.54, 1.807) is 0 Å². The molecule has 1 unspecified atom stereocenters. The van der Waals surface area contributed by atoms with Crippen molar-refractivity contribution in [3.63, 3.8) is 0 Å². The predicted octanol–water partition coefficient (Wildman–Crippen LogP) is 3.74. The summed E-state index contributed by atoms with van der Waals surface area (Å²) in [6, 6.07) is 6.26. The molecule has 3 heteroatoms. The van der Waals surface area contributed by atoms with Gasteiger partial charge in [-0.1, -0.05) is 24.5 Å². The third-order valence-corrected chi connectivity index (χ3v) is 4.25. The second kappa shape index (κ2) is 6.78. The molecule has 0 spiro atoms. The fourth-order valence-electron chi connectivity index (χ4n) is 3.05. The number of nitrogens with one attached hydrogen (secondary N) is 2. The molecule has 1 atom stereocenters. The number of aryl methyl sites for hydroxylation is 1. The normalized spacial score (nSPS) is 16.9. The highest BCUT2D eigenvalue weighted by atomic mass is 16.1. The minimum Gasteiger partial charge on any atom is -0.385 e. The molecule has 1 aliphatic carbocycles. The number of rotatable bonds is 5. The molecular weight excluding hydrogens is 248 g/mol. The first-order valence-electron chi connectivity index (χ1n) is 7.77. The first kappa shape index (κ1) is 14.9. The van der Waals surface area contributed by atoms with Gasteiger partial charge in [0, 0.05) is 18.3 Å². The molecule has 0 aliphatic heterocycles. The van der Waals surface area contributed by atoms with Crippen molar-refractivity contribution >= 4 is 11.6 Å². The third kappa shape index (κ3) is 3.53. The molecule has 0 saturated heterocycles. The Kier molecular flexibility index (Phi) is 5.05. The van der Waals surface area contributed by atoms with Crippen LogP contribution in [0.3, 0.4) is 0 Å². The van der Waals surface area contributed by atoms with Gasteiger partial charge in [-0.25, -0.2) is 0 Å². The van der Waals surface area contributed by atoms with Crippen LogP contribution in [-0.2, 0) is 0 Å². The summed E-state index contributed by atoms with van der Waals surface area (Å²) < 4.78 is 0. The van der Waals surface area contributed by atoms with Crippen LogP contribution in [-0.4, -0.2) is 18.5 Å². The summed E-state index contributed by atoms with van der Waals surface area (Å²) in [5.41, 5.74) is 2.80. The van der Waals surface area contributed by atoms with Crippen LogP contribution >= 0.6 is 0 Å². The quantitative estimate of drug-likeness (QED) is 0.859. The molecule has 2 N–H and O–H groups in total. The fraction of sp³-hybridized carbons (Fsp3) is 0.588. The Morgan fingerprint density at radius 2 is 2.05 bits per heavy atom. The van der Waals surface area contributed by atoms with Crippen LogP contribution in [0.1, 0.15) is 55.5 Å². The van der Waals surface area contributed by atoms with Gasteiger partial charge in [0.2, 0.25) is 0 Å². The Hall–Kier alpha value is -1.51. The molecule has 3 nitrogen and oxygen atoms in total. The largest absolute Gasteiger partial charge is 0.385 e. The number of benzene rings is 1. The van der Waals surface area contributed by atoms with Crippen molar-refractivity contribution in [1.82, 2.24) is 5.32 Å². The van der Waals surface area contributed by atoms with Crippen LogP contribution in [0.15, 0.2) is 18.2 Å². The van der Waals surface area contributed by atoms with Gasteiger partial charge in [0.1, 0.15) is 0 Å². The maximum absolute atomic E-state index is 12.5. The van der Waals surface area contributed by atoms with Crippen molar-refractivity contribution in [2.75, 3.05) is 11.9 Å². The highest BCUT2D eigenvalue weighted by Gasteiger charge is 2.23. The Balaban J connectivity index is 2.09. The zero-order valence-electron chi connectivity index (χ0n) is 12.8. The van der Waals surface area contributed by atoms with Crippen LogP contribution in [0.5, 0.6) is 0 Å². The fourth-order valence-corrected chi connectivity index (χ4v) is 3.05. The Labute approximate surface area is 122 Å². The Morgan fingerprint density at radius 3 is 2.70 bits per heavy atom. The number of amides is 1. The lowest BCUT2D eigenvalue weighted by molar-refractivity contribution is 0.0928. The van der Waals surface area contributed by atoms with E-state index in [0.29, 0.717) is 5.92 Å². The minimum absolute atomic E-state index is 0.0454. The summed E-state index contributed by atoms with van der Waals surface area (Å²) in [7, 11) is 0. The minimum atomic E-state index is 0.0454. The molecule has 1 aliphatic rings. The van der Waals surface area contributed by atoms with Crippen LogP contribution in [0.2, 0.25) is 0 Å². The van der Waals surface area contributed by atoms with E-state index in [2.05, 4.69) is 17.6 Å². The molecule has 1 saturated carbocycles. The zero-order valence-corrected chi connectivity index (χ0v) is 12.8. The average Bonchev–Trinajstić information content (AvgIpc) is 2.95. The van der Waals surface area contributed by atoms with Crippen molar-refractivity contribution < 1.29 is 4.79 Å². The Bertz CT molecular complexity index is 464. The lowest BCUT2D eigenvalue weighted by Crippen LogP contribution is -2.37. The second-order valence-electron chi connectivity index (χ2n) is 5.89. The van der Waals surface area contributed by atoms with E-state index in [1.807, 2.05) is 32.0 Å². The van der Waals surface area contributed by atoms with Crippen LogP contribution < -0.4 is 10.6 Å². The smallest absolute Gasteiger partial charge is 0.253 e. The number of carbonyl (C=O) groups excluding carboxylic acids is 1. The van der Waals surface area contributed by atoms with E-state index in [4.69, 9.17) is 0 Å². The van der Waals surface area contributed by atoms with Gasteiger partial charge in [0.05, 0.1) is 5.56 Å². The summed E-state index contributed by atoms with van der Waals surface area (Å²) in [5.74, 6) is 0.690. The van der Waals surface area contributed by atoms with Crippen molar-refractivity contribution in [3.05, 3.63) is 29.3 Å². The van der Waals surface area contributed by atoms with E-state index in [0.717, 1.165) is 23.4 Å². The van der Waals surface area contributed by atoms with E-state index in [9.17, 15) is 4.79 Å². The van der Waals surface area contributed by atoms with Crippen LogP contribution in [0.4, 0.5) is 5.69 Å². The summed E-state index contributed by atoms with van der Waals surface area (Å²) >= 11 is 0. The molecule has 110 valence electrons. The molecule has 0 aromatic heterocycles. The molecule has 0 bridgehead atoms. The SMILES string of the molecule is CCNc1ccc(C)cc1C(=O)NC(C)C1CCCC1. The number of hydrogen-bond acceptors (Lipinski definition) is 2. The maximum atomic E-state index is 12.5. The van der Waals surface area contributed by atoms with Gasteiger partial charge in [0.15, 0.2) is 0 Å². The van der Waals surface area contributed by atoms with Gasteiger partial charge in [-0.2, -0.15) is 0 Å². The molecule has 2 rings (SSSR count). The average molecular weight is 274 g/mol. The summed E-state index contributed by atoms with van der Waals surface area (Å²) in [6.07, 6.45) is 5.10. The standard InChI is InChI=1S/C17H26N2O/c1-4-18-16-10-9-12(2)11-15(16)17(20)19-13(3)14-7-5-6-8-14/h9-11,13-14,18H,4-8H2,1-3H3,(H,19,20). The molecule has 0 heterocycles. The predicted molar refractivity (Wildman–Crippen MR) is 84.2 cm³/mol. The second-order valence-corrected chi connectivity index (χ2v) is 5.89. The molecule has 1 aromatic carbocycles. The monoisotopic (exact) mass is 274 g/mol. The lowest BCUT2D eigenvalue weighted by Gasteiger charge is -2.21. The van der Waals surface area contributed by atoms with E-state index in [-0.39, 0.29) is 11.9 Å². The summed E-state index contributed by atoms with van der Waals surface area (Å²) in [4.78, 5) is 12.5.